The maximum atomic E-state index is 13.0. The van der Waals surface area contributed by atoms with Gasteiger partial charge in [0, 0.05) is 0 Å². The standard InChI is InChI=1S/C24H25NO6/c1-29-24(28)16-6-8-17(9-7-16)31-21-15-30-23-18(22(21)27)10-11-20(26)19(23)14-25-12-4-2-3-5-13-25/h6-11,15,26H,2-5,12-14H2,1H3/p+1. The highest BCUT2D eigenvalue weighted by Crippen LogP contribution is 2.28. The second-order valence-corrected chi connectivity index (χ2v) is 7.83. The van der Waals surface area contributed by atoms with E-state index in [-0.39, 0.29) is 16.9 Å². The molecule has 0 radical (unpaired) electrons. The normalized spacial score (nSPS) is 14.9. The first-order chi connectivity index (χ1) is 15.1. The number of likely N-dealkylation sites (tertiary alicyclic amines) is 1. The number of nitrogens with one attached hydrogen (secondary N) is 1. The van der Waals surface area contributed by atoms with Crippen LogP contribution >= 0.6 is 0 Å². The van der Waals surface area contributed by atoms with E-state index in [1.165, 1.54) is 31.1 Å². The quantitative estimate of drug-likeness (QED) is 0.612. The van der Waals surface area contributed by atoms with Gasteiger partial charge in [0.1, 0.15) is 24.3 Å². The largest absolute Gasteiger partial charge is 0.507 e. The molecule has 2 heterocycles. The molecule has 0 atom stereocenters. The molecule has 0 amide bonds. The Labute approximate surface area is 179 Å². The number of phenolic OH excluding ortho intramolecular Hbond substituents is 1. The van der Waals surface area contributed by atoms with Crippen molar-refractivity contribution in [2.75, 3.05) is 20.2 Å². The van der Waals surface area contributed by atoms with Crippen LogP contribution in [0.1, 0.15) is 41.6 Å². The summed E-state index contributed by atoms with van der Waals surface area (Å²) < 4.78 is 16.2. The number of fused-ring (bicyclic) bond motifs is 1. The van der Waals surface area contributed by atoms with E-state index in [2.05, 4.69) is 4.74 Å². The fourth-order valence-electron chi connectivity index (χ4n) is 4.03. The van der Waals surface area contributed by atoms with Gasteiger partial charge in [0.05, 0.1) is 36.7 Å². The molecule has 3 aromatic rings. The Morgan fingerprint density at radius 3 is 2.45 bits per heavy atom. The maximum Gasteiger partial charge on any atom is 0.337 e. The molecular formula is C24H26NO6+. The number of methoxy groups -OCH3 is 1. The lowest BCUT2D eigenvalue weighted by atomic mass is 10.1. The summed E-state index contributed by atoms with van der Waals surface area (Å²) in [5.41, 5.74) is 1.12. The molecule has 0 bridgehead atoms. The minimum absolute atomic E-state index is 0.0390. The number of carbonyl (C=O) groups is 1. The van der Waals surface area contributed by atoms with Gasteiger partial charge < -0.3 is 23.9 Å². The Hall–Kier alpha value is -3.32. The minimum Gasteiger partial charge on any atom is -0.507 e. The van der Waals surface area contributed by atoms with Crippen LogP contribution in [0.15, 0.2) is 51.9 Å². The van der Waals surface area contributed by atoms with Crippen LogP contribution < -0.4 is 15.1 Å². The zero-order valence-electron chi connectivity index (χ0n) is 17.5. The van der Waals surface area contributed by atoms with Crippen LogP contribution in [0, 0.1) is 0 Å². The van der Waals surface area contributed by atoms with Crippen LogP contribution in [0.4, 0.5) is 0 Å². The average Bonchev–Trinajstić information content (AvgIpc) is 3.06. The van der Waals surface area contributed by atoms with Gasteiger partial charge in [0.25, 0.3) is 0 Å². The molecule has 31 heavy (non-hydrogen) atoms. The van der Waals surface area contributed by atoms with E-state index in [4.69, 9.17) is 9.15 Å². The summed E-state index contributed by atoms with van der Waals surface area (Å²) in [6.45, 7) is 2.70. The number of esters is 1. The van der Waals surface area contributed by atoms with Gasteiger partial charge >= 0.3 is 5.97 Å². The number of carbonyl (C=O) groups excluding carboxylic acids is 1. The third-order valence-corrected chi connectivity index (χ3v) is 5.73. The monoisotopic (exact) mass is 424 g/mol. The lowest BCUT2D eigenvalue weighted by Crippen LogP contribution is -3.10. The van der Waals surface area contributed by atoms with E-state index in [1.54, 1.807) is 36.4 Å². The first kappa shape index (κ1) is 20.9. The summed E-state index contributed by atoms with van der Waals surface area (Å²) in [5, 5.41) is 10.8. The lowest BCUT2D eigenvalue weighted by Gasteiger charge is -2.18. The van der Waals surface area contributed by atoms with Crippen LogP contribution in [0.2, 0.25) is 0 Å². The molecule has 4 rings (SSSR count). The number of hydrogen-bond acceptors (Lipinski definition) is 6. The van der Waals surface area contributed by atoms with Gasteiger partial charge in [-0.3, -0.25) is 4.79 Å². The van der Waals surface area contributed by atoms with Gasteiger partial charge in [-0.15, -0.1) is 0 Å². The SMILES string of the molecule is COC(=O)c1ccc(Oc2coc3c(C[NH+]4CCCCCC4)c(O)ccc3c2=O)cc1. The fraction of sp³-hybridized carbons (Fsp3) is 0.333. The smallest absolute Gasteiger partial charge is 0.337 e. The number of hydrogen-bond donors (Lipinski definition) is 2. The van der Waals surface area contributed by atoms with Crippen LogP contribution in [-0.4, -0.2) is 31.3 Å². The van der Waals surface area contributed by atoms with Crippen molar-refractivity contribution in [2.45, 2.75) is 32.2 Å². The highest BCUT2D eigenvalue weighted by atomic mass is 16.5. The second kappa shape index (κ2) is 9.22. The Morgan fingerprint density at radius 1 is 1.06 bits per heavy atom. The molecule has 7 heteroatoms. The molecule has 1 aromatic heterocycles. The summed E-state index contributed by atoms with van der Waals surface area (Å²) in [5.74, 6) is 0.125. The number of ether oxygens (including phenoxy) is 2. The van der Waals surface area contributed by atoms with Crippen LogP contribution in [-0.2, 0) is 11.3 Å². The molecule has 0 saturated carbocycles. The molecule has 2 aromatic carbocycles. The van der Waals surface area contributed by atoms with Crippen molar-refractivity contribution < 1.29 is 28.7 Å². The van der Waals surface area contributed by atoms with E-state index in [9.17, 15) is 14.7 Å². The van der Waals surface area contributed by atoms with E-state index >= 15 is 0 Å². The van der Waals surface area contributed by atoms with E-state index in [0.717, 1.165) is 25.9 Å². The number of phenols is 1. The molecule has 0 spiro atoms. The molecule has 1 saturated heterocycles. The van der Waals surface area contributed by atoms with E-state index in [0.29, 0.717) is 34.4 Å². The predicted octanol–water partition coefficient (Wildman–Crippen LogP) is 3.04. The van der Waals surface area contributed by atoms with Crippen molar-refractivity contribution in [3.05, 3.63) is 64.0 Å². The molecule has 0 unspecified atom stereocenters. The molecule has 162 valence electrons. The molecule has 7 nitrogen and oxygen atoms in total. The number of quaternary nitrogens is 1. The predicted molar refractivity (Wildman–Crippen MR) is 115 cm³/mol. The lowest BCUT2D eigenvalue weighted by molar-refractivity contribution is -0.913. The van der Waals surface area contributed by atoms with Crippen LogP contribution in [0.25, 0.3) is 11.0 Å². The molecule has 1 aliphatic heterocycles. The first-order valence-electron chi connectivity index (χ1n) is 10.5. The van der Waals surface area contributed by atoms with Crippen molar-refractivity contribution in [1.82, 2.24) is 0 Å². The highest BCUT2D eigenvalue weighted by Gasteiger charge is 2.20. The molecule has 0 aliphatic carbocycles. The van der Waals surface area contributed by atoms with Crippen molar-refractivity contribution in [3.8, 4) is 17.2 Å². The fourth-order valence-corrected chi connectivity index (χ4v) is 4.03. The molecule has 1 fully saturated rings. The number of rotatable bonds is 5. The van der Waals surface area contributed by atoms with Crippen molar-refractivity contribution in [3.63, 3.8) is 0 Å². The number of aromatic hydroxyl groups is 1. The van der Waals surface area contributed by atoms with Gasteiger partial charge in [-0.05, 0) is 62.1 Å². The zero-order chi connectivity index (χ0) is 21.8. The molecular weight excluding hydrogens is 398 g/mol. The maximum absolute atomic E-state index is 13.0. The molecule has 1 aliphatic rings. The third-order valence-electron chi connectivity index (χ3n) is 5.73. The Morgan fingerprint density at radius 2 is 1.77 bits per heavy atom. The van der Waals surface area contributed by atoms with E-state index < -0.39 is 5.97 Å². The summed E-state index contributed by atoms with van der Waals surface area (Å²) >= 11 is 0. The van der Waals surface area contributed by atoms with Crippen molar-refractivity contribution in [1.29, 1.82) is 0 Å². The summed E-state index contributed by atoms with van der Waals surface area (Å²) in [4.78, 5) is 26.0. The summed E-state index contributed by atoms with van der Waals surface area (Å²) in [6.07, 6.45) is 6.08. The Kier molecular flexibility index (Phi) is 6.23. The topological polar surface area (TPSA) is 90.4 Å². The van der Waals surface area contributed by atoms with Gasteiger partial charge in [-0.25, -0.2) is 4.79 Å². The number of benzene rings is 2. The van der Waals surface area contributed by atoms with Gasteiger partial charge in [0.2, 0.25) is 11.2 Å². The summed E-state index contributed by atoms with van der Waals surface area (Å²) in [7, 11) is 1.31. The Bertz CT molecular complexity index is 1130. The molecule has 2 N–H and O–H groups in total. The van der Waals surface area contributed by atoms with Gasteiger partial charge in [-0.2, -0.15) is 0 Å². The second-order valence-electron chi connectivity index (χ2n) is 7.83. The van der Waals surface area contributed by atoms with Crippen LogP contribution in [0.5, 0.6) is 17.2 Å². The zero-order valence-corrected chi connectivity index (χ0v) is 17.5. The Balaban J connectivity index is 1.62. The van der Waals surface area contributed by atoms with Crippen molar-refractivity contribution >= 4 is 16.9 Å². The summed E-state index contributed by atoms with van der Waals surface area (Å²) in [6, 6.07) is 9.39. The minimum atomic E-state index is -0.448. The van der Waals surface area contributed by atoms with Gasteiger partial charge in [-0.1, -0.05) is 0 Å². The highest BCUT2D eigenvalue weighted by molar-refractivity contribution is 5.89. The van der Waals surface area contributed by atoms with Gasteiger partial charge in [0.15, 0.2) is 5.58 Å². The van der Waals surface area contributed by atoms with E-state index in [1.807, 2.05) is 0 Å². The van der Waals surface area contributed by atoms with Crippen LogP contribution in [0.3, 0.4) is 0 Å². The first-order valence-corrected chi connectivity index (χ1v) is 10.5. The third kappa shape index (κ3) is 4.56. The average molecular weight is 424 g/mol. The van der Waals surface area contributed by atoms with Crippen molar-refractivity contribution in [2.24, 2.45) is 0 Å².